The summed E-state index contributed by atoms with van der Waals surface area (Å²) in [5, 5.41) is 7.88. The van der Waals surface area contributed by atoms with Gasteiger partial charge in [-0.1, -0.05) is 32.6 Å². The van der Waals surface area contributed by atoms with Crippen molar-refractivity contribution in [1.82, 2.24) is 10.2 Å². The number of unbranched alkanes of at least 4 members (excludes halogenated alkanes) is 3. The van der Waals surface area contributed by atoms with E-state index in [1.165, 1.54) is 31.2 Å². The van der Waals surface area contributed by atoms with Crippen molar-refractivity contribution >= 4 is 17.2 Å². The first-order chi connectivity index (χ1) is 10.2. The molecule has 21 heavy (non-hydrogen) atoms. The van der Waals surface area contributed by atoms with Crippen LogP contribution in [0.15, 0.2) is 16.8 Å². The van der Waals surface area contributed by atoms with Gasteiger partial charge in [0.05, 0.1) is 0 Å². The number of hydrogen-bond donors (Lipinski definition) is 1. The number of carbonyl (C=O) groups is 1. The summed E-state index contributed by atoms with van der Waals surface area (Å²) in [5.74, 6) is 0.335. The Morgan fingerprint density at radius 2 is 2.24 bits per heavy atom. The molecule has 1 N–H and O–H groups in total. The number of thiophene rings is 1. The summed E-state index contributed by atoms with van der Waals surface area (Å²) in [4.78, 5) is 14.9. The van der Waals surface area contributed by atoms with Gasteiger partial charge in [0, 0.05) is 6.04 Å². The van der Waals surface area contributed by atoms with Gasteiger partial charge in [-0.15, -0.1) is 0 Å². The van der Waals surface area contributed by atoms with Crippen LogP contribution in [-0.4, -0.2) is 22.4 Å². The second kappa shape index (κ2) is 6.09. The smallest absolute Gasteiger partial charge is 0.244 e. The van der Waals surface area contributed by atoms with Crippen LogP contribution in [0.3, 0.4) is 0 Å². The fourth-order valence-electron chi connectivity index (χ4n) is 3.38. The predicted octanol–water partition coefficient (Wildman–Crippen LogP) is 4.07. The maximum absolute atomic E-state index is 12.8. The van der Waals surface area contributed by atoms with Gasteiger partial charge in [-0.05, 0) is 48.6 Å². The standard InChI is InChI=1S/C17H26N2OS/c1-3-4-5-6-7-13(2)19-15(14-8-11-21-12-14)18-17(9-10-17)16(19)20/h8,11-13,15,18H,3-7,9-10H2,1-2H3. The first-order valence-electron chi connectivity index (χ1n) is 8.30. The van der Waals surface area contributed by atoms with E-state index in [4.69, 9.17) is 0 Å². The largest absolute Gasteiger partial charge is 0.319 e. The minimum absolute atomic E-state index is 0.0902. The maximum Gasteiger partial charge on any atom is 0.244 e. The lowest BCUT2D eigenvalue weighted by Gasteiger charge is -2.30. The molecule has 116 valence electrons. The lowest BCUT2D eigenvalue weighted by Crippen LogP contribution is -2.38. The zero-order valence-electron chi connectivity index (χ0n) is 13.1. The van der Waals surface area contributed by atoms with E-state index in [1.54, 1.807) is 11.3 Å². The van der Waals surface area contributed by atoms with Crippen LogP contribution in [0.1, 0.15) is 70.5 Å². The second-order valence-electron chi connectivity index (χ2n) is 6.60. The van der Waals surface area contributed by atoms with Gasteiger partial charge in [0.2, 0.25) is 5.91 Å². The Morgan fingerprint density at radius 1 is 1.43 bits per heavy atom. The maximum atomic E-state index is 12.8. The average molecular weight is 306 g/mol. The van der Waals surface area contributed by atoms with Crippen molar-refractivity contribution in [3.63, 3.8) is 0 Å². The number of nitrogens with one attached hydrogen (secondary N) is 1. The van der Waals surface area contributed by atoms with E-state index in [2.05, 4.69) is 40.9 Å². The molecule has 3 nitrogen and oxygen atoms in total. The normalized spacial score (nSPS) is 24.8. The highest BCUT2D eigenvalue weighted by Crippen LogP contribution is 2.47. The number of hydrogen-bond acceptors (Lipinski definition) is 3. The molecule has 2 unspecified atom stereocenters. The Hall–Kier alpha value is -0.870. The van der Waals surface area contributed by atoms with Crippen LogP contribution in [0.25, 0.3) is 0 Å². The Balaban J connectivity index is 1.69. The van der Waals surface area contributed by atoms with Gasteiger partial charge in [0.15, 0.2) is 0 Å². The molecular weight excluding hydrogens is 280 g/mol. The third-order valence-corrected chi connectivity index (χ3v) is 5.60. The SMILES string of the molecule is CCCCCCC(C)N1C(=O)C2(CC2)NC1c1ccsc1. The molecule has 1 aromatic heterocycles. The lowest BCUT2D eigenvalue weighted by molar-refractivity contribution is -0.132. The Kier molecular flexibility index (Phi) is 4.36. The van der Waals surface area contributed by atoms with E-state index in [9.17, 15) is 4.79 Å². The number of nitrogens with zero attached hydrogens (tertiary/aromatic N) is 1. The Morgan fingerprint density at radius 3 is 2.86 bits per heavy atom. The molecule has 2 heterocycles. The van der Waals surface area contributed by atoms with Crippen LogP contribution >= 0.6 is 11.3 Å². The van der Waals surface area contributed by atoms with Crippen LogP contribution in [0.4, 0.5) is 0 Å². The summed E-state index contributed by atoms with van der Waals surface area (Å²) < 4.78 is 0. The minimum atomic E-state index is -0.218. The van der Waals surface area contributed by atoms with Crippen LogP contribution in [-0.2, 0) is 4.79 Å². The summed E-state index contributed by atoms with van der Waals surface area (Å²) in [7, 11) is 0. The van der Waals surface area contributed by atoms with Crippen molar-refractivity contribution in [3.8, 4) is 0 Å². The van der Waals surface area contributed by atoms with Crippen molar-refractivity contribution in [2.24, 2.45) is 0 Å². The molecule has 4 heteroatoms. The summed E-state index contributed by atoms with van der Waals surface area (Å²) in [6, 6.07) is 2.47. The molecule has 0 radical (unpaired) electrons. The first kappa shape index (κ1) is 15.0. The number of carbonyl (C=O) groups excluding carboxylic acids is 1. The van der Waals surface area contributed by atoms with E-state index in [0.29, 0.717) is 11.9 Å². The van der Waals surface area contributed by atoms with Gasteiger partial charge >= 0.3 is 0 Å². The molecule has 1 saturated carbocycles. The summed E-state index contributed by atoms with van der Waals surface area (Å²) in [6.07, 6.45) is 8.29. The molecule has 1 spiro atoms. The molecule has 1 aliphatic heterocycles. The summed E-state index contributed by atoms with van der Waals surface area (Å²) in [6.45, 7) is 4.45. The Labute approximate surface area is 131 Å². The fourth-order valence-corrected chi connectivity index (χ4v) is 4.05. The van der Waals surface area contributed by atoms with Gasteiger partial charge in [-0.3, -0.25) is 10.1 Å². The van der Waals surface area contributed by atoms with Crippen LogP contribution in [0, 0.1) is 0 Å². The van der Waals surface area contributed by atoms with Crippen molar-refractivity contribution < 1.29 is 4.79 Å². The van der Waals surface area contributed by atoms with Gasteiger partial charge in [-0.2, -0.15) is 11.3 Å². The zero-order chi connectivity index (χ0) is 14.9. The van der Waals surface area contributed by atoms with Crippen LogP contribution in [0.5, 0.6) is 0 Å². The minimum Gasteiger partial charge on any atom is -0.319 e. The van der Waals surface area contributed by atoms with Crippen LogP contribution < -0.4 is 5.32 Å². The van der Waals surface area contributed by atoms with Crippen LogP contribution in [0.2, 0.25) is 0 Å². The van der Waals surface area contributed by atoms with Gasteiger partial charge < -0.3 is 4.90 Å². The predicted molar refractivity (Wildman–Crippen MR) is 87.2 cm³/mol. The summed E-state index contributed by atoms with van der Waals surface area (Å²) >= 11 is 1.71. The molecule has 2 fully saturated rings. The van der Waals surface area contributed by atoms with Gasteiger partial charge in [0.25, 0.3) is 0 Å². The van der Waals surface area contributed by atoms with E-state index < -0.39 is 0 Å². The van der Waals surface area contributed by atoms with Crippen molar-refractivity contribution in [2.75, 3.05) is 0 Å². The monoisotopic (exact) mass is 306 g/mol. The third-order valence-electron chi connectivity index (χ3n) is 4.89. The molecule has 1 aliphatic carbocycles. The Bertz CT molecular complexity index is 481. The van der Waals surface area contributed by atoms with Crippen molar-refractivity contribution in [3.05, 3.63) is 22.4 Å². The average Bonchev–Trinajstić information content (AvgIpc) is 2.95. The molecule has 2 aliphatic rings. The molecule has 2 atom stereocenters. The fraction of sp³-hybridized carbons (Fsp3) is 0.706. The van der Waals surface area contributed by atoms with Crippen molar-refractivity contribution in [1.29, 1.82) is 0 Å². The molecule has 1 saturated heterocycles. The molecule has 1 aromatic rings. The highest BCUT2D eigenvalue weighted by Gasteiger charge is 2.60. The highest BCUT2D eigenvalue weighted by atomic mass is 32.1. The number of amides is 1. The second-order valence-corrected chi connectivity index (χ2v) is 7.38. The van der Waals surface area contributed by atoms with Gasteiger partial charge in [-0.25, -0.2) is 0 Å². The molecule has 3 rings (SSSR count). The quantitative estimate of drug-likeness (QED) is 0.770. The topological polar surface area (TPSA) is 32.3 Å². The lowest BCUT2D eigenvalue weighted by atomic mass is 10.1. The zero-order valence-corrected chi connectivity index (χ0v) is 13.9. The molecule has 0 aromatic carbocycles. The first-order valence-corrected chi connectivity index (χ1v) is 9.25. The highest BCUT2D eigenvalue weighted by molar-refractivity contribution is 7.07. The molecule has 1 amide bonds. The van der Waals surface area contributed by atoms with E-state index in [1.807, 2.05) is 0 Å². The summed E-state index contributed by atoms with van der Waals surface area (Å²) in [5.41, 5.74) is 1.03. The van der Waals surface area contributed by atoms with E-state index in [-0.39, 0.29) is 11.7 Å². The van der Waals surface area contributed by atoms with Crippen molar-refractivity contribution in [2.45, 2.75) is 76.5 Å². The third kappa shape index (κ3) is 2.88. The molecule has 0 bridgehead atoms. The molecular formula is C17H26N2OS. The van der Waals surface area contributed by atoms with E-state index >= 15 is 0 Å². The number of rotatable bonds is 7. The van der Waals surface area contributed by atoms with E-state index in [0.717, 1.165) is 19.3 Å². The van der Waals surface area contributed by atoms with Gasteiger partial charge in [0.1, 0.15) is 11.7 Å².